The zero-order chi connectivity index (χ0) is 20.6. The smallest absolute Gasteiger partial charge is 0.326 e. The highest BCUT2D eigenvalue weighted by molar-refractivity contribution is 5.94. The van der Waals surface area contributed by atoms with Crippen LogP contribution in [0.15, 0.2) is 53.1 Å². The van der Waals surface area contributed by atoms with Crippen molar-refractivity contribution in [3.8, 4) is 0 Å². The first-order valence-corrected chi connectivity index (χ1v) is 9.16. The fraction of sp³-hybridized carbons (Fsp3) is 0.300. The SMILES string of the molecule is O=C(CNC(=O)c1ccco1)NCC(=O)O[C@@H](C(=O)NC1CC1)c1ccccc1. The normalized spacial score (nSPS) is 13.8. The van der Waals surface area contributed by atoms with Gasteiger partial charge in [-0.1, -0.05) is 30.3 Å². The summed E-state index contributed by atoms with van der Waals surface area (Å²) in [5.41, 5.74) is 0.538. The Morgan fingerprint density at radius 1 is 1.00 bits per heavy atom. The van der Waals surface area contributed by atoms with Crippen molar-refractivity contribution >= 4 is 23.7 Å². The Bertz CT molecular complexity index is 862. The Labute approximate surface area is 166 Å². The number of rotatable bonds is 9. The van der Waals surface area contributed by atoms with Crippen LogP contribution in [-0.2, 0) is 19.1 Å². The van der Waals surface area contributed by atoms with Crippen molar-refractivity contribution in [3.63, 3.8) is 0 Å². The monoisotopic (exact) mass is 399 g/mol. The van der Waals surface area contributed by atoms with E-state index in [0.29, 0.717) is 5.56 Å². The molecule has 1 saturated carbocycles. The molecule has 1 aromatic heterocycles. The second-order valence-corrected chi connectivity index (χ2v) is 6.50. The van der Waals surface area contributed by atoms with Crippen LogP contribution < -0.4 is 16.0 Å². The Hall–Kier alpha value is -3.62. The molecule has 2 aromatic rings. The zero-order valence-corrected chi connectivity index (χ0v) is 15.6. The number of benzene rings is 1. The molecular formula is C20H21N3O6. The summed E-state index contributed by atoms with van der Waals surface area (Å²) in [7, 11) is 0. The van der Waals surface area contributed by atoms with Gasteiger partial charge in [0.1, 0.15) is 6.54 Å². The van der Waals surface area contributed by atoms with E-state index in [1.54, 1.807) is 36.4 Å². The molecule has 0 radical (unpaired) electrons. The molecule has 0 aliphatic heterocycles. The van der Waals surface area contributed by atoms with Crippen LogP contribution in [0.5, 0.6) is 0 Å². The molecule has 3 N–H and O–H groups in total. The molecule has 1 aliphatic carbocycles. The maximum atomic E-state index is 12.4. The molecule has 0 unspecified atom stereocenters. The van der Waals surface area contributed by atoms with Crippen LogP contribution in [-0.4, -0.2) is 42.8 Å². The number of furan rings is 1. The summed E-state index contributed by atoms with van der Waals surface area (Å²) in [6.45, 7) is -0.771. The van der Waals surface area contributed by atoms with Crippen molar-refractivity contribution in [2.45, 2.75) is 25.0 Å². The average molecular weight is 399 g/mol. The standard InChI is InChI=1S/C20H21N3O6/c24-16(11-22-19(26)15-7-4-10-28-15)21-12-17(25)29-18(13-5-2-1-3-6-13)20(27)23-14-8-9-14/h1-7,10,14,18H,8-9,11-12H2,(H,21,24)(H,22,26)(H,23,27)/t18-/m1/s1. The van der Waals surface area contributed by atoms with E-state index < -0.39 is 36.3 Å². The molecular weight excluding hydrogens is 378 g/mol. The molecule has 29 heavy (non-hydrogen) atoms. The molecule has 1 heterocycles. The van der Waals surface area contributed by atoms with Crippen LogP contribution in [0.1, 0.15) is 35.1 Å². The van der Waals surface area contributed by atoms with E-state index in [0.717, 1.165) is 12.8 Å². The molecule has 0 bridgehead atoms. The number of amides is 3. The number of hydrogen-bond donors (Lipinski definition) is 3. The highest BCUT2D eigenvalue weighted by Gasteiger charge is 2.30. The predicted molar refractivity (Wildman–Crippen MR) is 100 cm³/mol. The van der Waals surface area contributed by atoms with E-state index >= 15 is 0 Å². The first kappa shape index (κ1) is 20.1. The van der Waals surface area contributed by atoms with Gasteiger partial charge in [-0.25, -0.2) is 0 Å². The molecule has 9 nitrogen and oxygen atoms in total. The first-order valence-electron chi connectivity index (χ1n) is 9.16. The Morgan fingerprint density at radius 2 is 1.76 bits per heavy atom. The van der Waals surface area contributed by atoms with Gasteiger partial charge in [0.2, 0.25) is 12.0 Å². The van der Waals surface area contributed by atoms with Crippen LogP contribution in [0.2, 0.25) is 0 Å². The lowest BCUT2D eigenvalue weighted by molar-refractivity contribution is -0.156. The van der Waals surface area contributed by atoms with Gasteiger partial charge in [-0.2, -0.15) is 0 Å². The summed E-state index contributed by atoms with van der Waals surface area (Å²) in [6, 6.07) is 11.8. The lowest BCUT2D eigenvalue weighted by atomic mass is 10.1. The van der Waals surface area contributed by atoms with E-state index in [4.69, 9.17) is 9.15 Å². The topological polar surface area (TPSA) is 127 Å². The molecule has 1 fully saturated rings. The van der Waals surface area contributed by atoms with E-state index in [-0.39, 0.29) is 18.3 Å². The quantitative estimate of drug-likeness (QED) is 0.533. The fourth-order valence-corrected chi connectivity index (χ4v) is 2.47. The van der Waals surface area contributed by atoms with Crippen LogP contribution in [0.25, 0.3) is 0 Å². The minimum atomic E-state index is -1.10. The van der Waals surface area contributed by atoms with Gasteiger partial charge in [0.15, 0.2) is 5.76 Å². The summed E-state index contributed by atoms with van der Waals surface area (Å²) in [5.74, 6) is -2.22. The van der Waals surface area contributed by atoms with E-state index in [1.165, 1.54) is 12.3 Å². The molecule has 3 amide bonds. The average Bonchev–Trinajstić information content (AvgIpc) is 3.37. The fourth-order valence-electron chi connectivity index (χ4n) is 2.47. The van der Waals surface area contributed by atoms with Crippen molar-refractivity contribution < 1.29 is 28.3 Å². The molecule has 9 heteroatoms. The van der Waals surface area contributed by atoms with Crippen LogP contribution in [0.3, 0.4) is 0 Å². The lowest BCUT2D eigenvalue weighted by Crippen LogP contribution is -2.40. The predicted octanol–water partition coefficient (Wildman–Crippen LogP) is 0.689. The van der Waals surface area contributed by atoms with Gasteiger partial charge in [0.25, 0.3) is 11.8 Å². The van der Waals surface area contributed by atoms with Crippen LogP contribution >= 0.6 is 0 Å². The van der Waals surface area contributed by atoms with Crippen molar-refractivity contribution in [2.24, 2.45) is 0 Å². The zero-order valence-electron chi connectivity index (χ0n) is 15.6. The van der Waals surface area contributed by atoms with Crippen molar-refractivity contribution in [2.75, 3.05) is 13.1 Å². The summed E-state index contributed by atoms with van der Waals surface area (Å²) in [5, 5.41) is 7.51. The number of carbonyl (C=O) groups excluding carboxylic acids is 4. The second kappa shape index (κ2) is 9.54. The number of esters is 1. The third kappa shape index (κ3) is 6.20. The summed E-state index contributed by atoms with van der Waals surface area (Å²) in [6.07, 6.45) is 2.05. The van der Waals surface area contributed by atoms with E-state index in [1.807, 2.05) is 0 Å². The summed E-state index contributed by atoms with van der Waals surface area (Å²) in [4.78, 5) is 48.1. The minimum Gasteiger partial charge on any atom is -0.459 e. The summed E-state index contributed by atoms with van der Waals surface area (Å²) >= 11 is 0. The Balaban J connectivity index is 1.47. The van der Waals surface area contributed by atoms with Crippen LogP contribution in [0, 0.1) is 0 Å². The molecule has 3 rings (SSSR count). The molecule has 1 aliphatic rings. The van der Waals surface area contributed by atoms with Gasteiger partial charge in [0.05, 0.1) is 12.8 Å². The molecule has 0 spiro atoms. The third-order valence-corrected chi connectivity index (χ3v) is 4.10. The van der Waals surface area contributed by atoms with Gasteiger partial charge in [-0.15, -0.1) is 0 Å². The largest absolute Gasteiger partial charge is 0.459 e. The number of carbonyl (C=O) groups is 4. The van der Waals surface area contributed by atoms with Crippen molar-refractivity contribution in [3.05, 3.63) is 60.1 Å². The highest BCUT2D eigenvalue weighted by Crippen LogP contribution is 2.23. The van der Waals surface area contributed by atoms with Gasteiger partial charge in [-0.05, 0) is 25.0 Å². The molecule has 0 saturated heterocycles. The molecule has 1 atom stereocenters. The summed E-state index contributed by atoms with van der Waals surface area (Å²) < 4.78 is 10.2. The maximum absolute atomic E-state index is 12.4. The number of ether oxygens (including phenoxy) is 1. The third-order valence-electron chi connectivity index (χ3n) is 4.10. The van der Waals surface area contributed by atoms with Crippen molar-refractivity contribution in [1.29, 1.82) is 0 Å². The second-order valence-electron chi connectivity index (χ2n) is 6.50. The van der Waals surface area contributed by atoms with Gasteiger partial charge >= 0.3 is 5.97 Å². The lowest BCUT2D eigenvalue weighted by Gasteiger charge is -2.18. The maximum Gasteiger partial charge on any atom is 0.326 e. The van der Waals surface area contributed by atoms with Gasteiger partial charge in [-0.3, -0.25) is 19.2 Å². The van der Waals surface area contributed by atoms with Gasteiger partial charge in [0, 0.05) is 11.6 Å². The number of nitrogens with one attached hydrogen (secondary N) is 3. The van der Waals surface area contributed by atoms with Gasteiger partial charge < -0.3 is 25.1 Å². The van der Waals surface area contributed by atoms with E-state index in [2.05, 4.69) is 16.0 Å². The Kier molecular flexibility index (Phi) is 6.62. The molecule has 152 valence electrons. The van der Waals surface area contributed by atoms with E-state index in [9.17, 15) is 19.2 Å². The Morgan fingerprint density at radius 3 is 2.41 bits per heavy atom. The highest BCUT2D eigenvalue weighted by atomic mass is 16.5. The minimum absolute atomic E-state index is 0.0737. The number of hydrogen-bond acceptors (Lipinski definition) is 6. The first-order chi connectivity index (χ1) is 14.0. The molecule has 1 aromatic carbocycles. The van der Waals surface area contributed by atoms with Crippen LogP contribution in [0.4, 0.5) is 0 Å². The van der Waals surface area contributed by atoms with Crippen molar-refractivity contribution in [1.82, 2.24) is 16.0 Å².